The van der Waals surface area contributed by atoms with Crippen molar-refractivity contribution < 1.29 is 14.7 Å². The van der Waals surface area contributed by atoms with Crippen LogP contribution in [0.3, 0.4) is 0 Å². The van der Waals surface area contributed by atoms with E-state index in [1.54, 1.807) is 11.8 Å². The summed E-state index contributed by atoms with van der Waals surface area (Å²) in [6.45, 7) is 5.69. The third kappa shape index (κ3) is 3.84. The maximum absolute atomic E-state index is 12.4. The zero-order chi connectivity index (χ0) is 15.6. The van der Waals surface area contributed by atoms with Gasteiger partial charge in [0.15, 0.2) is 0 Å². The number of nitrogens with zero attached hydrogens (tertiary/aromatic N) is 1. The summed E-state index contributed by atoms with van der Waals surface area (Å²) in [7, 11) is 0. The molecule has 1 saturated carbocycles. The maximum Gasteiger partial charge on any atom is 0.326 e. The van der Waals surface area contributed by atoms with Crippen LogP contribution in [0.2, 0.25) is 0 Å². The maximum atomic E-state index is 12.4. The number of carbonyl (C=O) groups excluding carboxylic acids is 1. The molecule has 1 atom stereocenters. The molecule has 2 rings (SSSR count). The molecule has 0 spiro atoms. The lowest BCUT2D eigenvalue weighted by Gasteiger charge is -2.26. The van der Waals surface area contributed by atoms with Gasteiger partial charge in [0.1, 0.15) is 6.04 Å². The zero-order valence-electron chi connectivity index (χ0n) is 12.9. The van der Waals surface area contributed by atoms with Crippen molar-refractivity contribution in [3.63, 3.8) is 0 Å². The van der Waals surface area contributed by atoms with Crippen molar-refractivity contribution >= 4 is 11.9 Å². The summed E-state index contributed by atoms with van der Waals surface area (Å²) in [6.07, 6.45) is 2.89. The third-order valence-electron chi connectivity index (χ3n) is 4.11. The van der Waals surface area contributed by atoms with Crippen LogP contribution in [0.1, 0.15) is 42.9 Å². The topological polar surface area (TPSA) is 57.6 Å². The lowest BCUT2D eigenvalue weighted by molar-refractivity contribution is -0.150. The van der Waals surface area contributed by atoms with Gasteiger partial charge in [0.05, 0.1) is 0 Å². The molecule has 114 valence electrons. The van der Waals surface area contributed by atoms with Gasteiger partial charge in [0, 0.05) is 12.5 Å². The molecule has 0 saturated heterocycles. The van der Waals surface area contributed by atoms with Crippen molar-refractivity contribution in [2.24, 2.45) is 0 Å². The predicted octanol–water partition coefficient (Wildman–Crippen LogP) is 2.70. The van der Waals surface area contributed by atoms with E-state index >= 15 is 0 Å². The van der Waals surface area contributed by atoms with Crippen molar-refractivity contribution in [1.82, 2.24) is 4.90 Å². The van der Waals surface area contributed by atoms with Gasteiger partial charge in [-0.15, -0.1) is 0 Å². The second kappa shape index (κ2) is 6.29. The van der Waals surface area contributed by atoms with Crippen LogP contribution in [0.4, 0.5) is 0 Å². The summed E-state index contributed by atoms with van der Waals surface area (Å²) in [4.78, 5) is 25.1. The van der Waals surface area contributed by atoms with Gasteiger partial charge in [-0.1, -0.05) is 23.8 Å². The summed E-state index contributed by atoms with van der Waals surface area (Å²) in [5, 5.41) is 9.14. The van der Waals surface area contributed by atoms with Crippen LogP contribution in [0.15, 0.2) is 18.2 Å². The van der Waals surface area contributed by atoms with Gasteiger partial charge in [-0.05, 0) is 51.2 Å². The first-order chi connectivity index (χ1) is 9.90. The monoisotopic (exact) mass is 289 g/mol. The molecule has 1 fully saturated rings. The van der Waals surface area contributed by atoms with Crippen molar-refractivity contribution in [2.45, 2.75) is 58.5 Å². The Morgan fingerprint density at radius 2 is 2.00 bits per heavy atom. The zero-order valence-corrected chi connectivity index (χ0v) is 12.9. The Morgan fingerprint density at radius 1 is 1.33 bits per heavy atom. The fourth-order valence-corrected chi connectivity index (χ4v) is 2.70. The first-order valence-corrected chi connectivity index (χ1v) is 7.50. The van der Waals surface area contributed by atoms with Crippen LogP contribution in [-0.2, 0) is 16.0 Å². The van der Waals surface area contributed by atoms with Gasteiger partial charge in [0.2, 0.25) is 5.91 Å². The Labute approximate surface area is 125 Å². The second-order valence-corrected chi connectivity index (χ2v) is 5.98. The summed E-state index contributed by atoms with van der Waals surface area (Å²) in [6, 6.07) is 5.61. The Kier molecular flexibility index (Phi) is 4.66. The molecule has 1 unspecified atom stereocenters. The third-order valence-corrected chi connectivity index (χ3v) is 4.11. The van der Waals surface area contributed by atoms with E-state index in [4.69, 9.17) is 5.11 Å². The highest BCUT2D eigenvalue weighted by molar-refractivity contribution is 5.84. The Bertz CT molecular complexity index is 549. The molecule has 21 heavy (non-hydrogen) atoms. The highest BCUT2D eigenvalue weighted by atomic mass is 16.4. The van der Waals surface area contributed by atoms with Crippen LogP contribution in [0.5, 0.6) is 0 Å². The smallest absolute Gasteiger partial charge is 0.326 e. The minimum absolute atomic E-state index is 0.0487. The van der Waals surface area contributed by atoms with E-state index in [0.717, 1.165) is 18.4 Å². The highest BCUT2D eigenvalue weighted by Crippen LogP contribution is 2.29. The summed E-state index contributed by atoms with van der Waals surface area (Å²) >= 11 is 0. The molecular weight excluding hydrogens is 266 g/mol. The van der Waals surface area contributed by atoms with Crippen LogP contribution in [0.25, 0.3) is 0 Å². The second-order valence-electron chi connectivity index (χ2n) is 5.98. The van der Waals surface area contributed by atoms with Crippen molar-refractivity contribution in [3.8, 4) is 0 Å². The van der Waals surface area contributed by atoms with Crippen molar-refractivity contribution in [3.05, 3.63) is 34.9 Å². The van der Waals surface area contributed by atoms with Gasteiger partial charge < -0.3 is 10.0 Å². The number of hydrogen-bond acceptors (Lipinski definition) is 2. The number of hydrogen-bond donors (Lipinski definition) is 1. The fourth-order valence-electron chi connectivity index (χ4n) is 2.70. The standard InChI is InChI=1S/C17H23NO3/c1-11-4-5-14(12(2)10-11)6-9-16(19)18(15-7-8-15)13(3)17(20)21/h4-5,10,13,15H,6-9H2,1-3H3,(H,20,21). The number of carbonyl (C=O) groups is 2. The van der Waals surface area contributed by atoms with Gasteiger partial charge in [-0.25, -0.2) is 4.79 Å². The van der Waals surface area contributed by atoms with Gasteiger partial charge in [-0.3, -0.25) is 4.79 Å². The summed E-state index contributed by atoms with van der Waals surface area (Å²) in [5.41, 5.74) is 3.56. The van der Waals surface area contributed by atoms with Crippen LogP contribution in [-0.4, -0.2) is 34.0 Å². The molecule has 0 radical (unpaired) electrons. The average Bonchev–Trinajstić information content (AvgIpc) is 3.22. The van der Waals surface area contributed by atoms with E-state index in [1.165, 1.54) is 11.1 Å². The minimum atomic E-state index is -0.929. The molecule has 1 N–H and O–H groups in total. The van der Waals surface area contributed by atoms with E-state index in [0.29, 0.717) is 12.8 Å². The van der Waals surface area contributed by atoms with E-state index in [1.807, 2.05) is 19.9 Å². The fraction of sp³-hybridized carbons (Fsp3) is 0.529. The molecule has 1 amide bonds. The normalized spacial score (nSPS) is 15.6. The number of carboxylic acid groups (broad SMARTS) is 1. The average molecular weight is 289 g/mol. The molecule has 1 aromatic carbocycles. The lowest BCUT2D eigenvalue weighted by Crippen LogP contribution is -2.44. The SMILES string of the molecule is Cc1ccc(CCC(=O)N(C2CC2)C(C)C(=O)O)c(C)c1. The van der Waals surface area contributed by atoms with Crippen LogP contribution >= 0.6 is 0 Å². The molecule has 4 nitrogen and oxygen atoms in total. The molecule has 0 heterocycles. The van der Waals surface area contributed by atoms with E-state index < -0.39 is 12.0 Å². The molecule has 0 aromatic heterocycles. The summed E-state index contributed by atoms with van der Waals surface area (Å²) in [5.74, 6) is -0.978. The molecule has 0 bridgehead atoms. The number of carboxylic acids is 1. The van der Waals surface area contributed by atoms with E-state index in [-0.39, 0.29) is 11.9 Å². The molecular formula is C17H23NO3. The summed E-state index contributed by atoms with van der Waals surface area (Å²) < 4.78 is 0. The van der Waals surface area contributed by atoms with Crippen molar-refractivity contribution in [1.29, 1.82) is 0 Å². The number of benzene rings is 1. The molecule has 1 aliphatic rings. The first-order valence-electron chi connectivity index (χ1n) is 7.50. The number of amides is 1. The van der Waals surface area contributed by atoms with Crippen LogP contribution in [0, 0.1) is 13.8 Å². The Hall–Kier alpha value is -1.84. The molecule has 4 heteroatoms. The van der Waals surface area contributed by atoms with Gasteiger partial charge in [-0.2, -0.15) is 0 Å². The quantitative estimate of drug-likeness (QED) is 0.876. The van der Waals surface area contributed by atoms with Crippen LogP contribution < -0.4 is 0 Å². The van der Waals surface area contributed by atoms with Crippen molar-refractivity contribution in [2.75, 3.05) is 0 Å². The van der Waals surface area contributed by atoms with Gasteiger partial charge in [0.25, 0.3) is 0 Å². The van der Waals surface area contributed by atoms with Gasteiger partial charge >= 0.3 is 5.97 Å². The van der Waals surface area contributed by atoms with E-state index in [9.17, 15) is 9.59 Å². The predicted molar refractivity (Wildman–Crippen MR) is 81.2 cm³/mol. The molecule has 1 aromatic rings. The Balaban J connectivity index is 2.00. The molecule has 0 aliphatic heterocycles. The van der Waals surface area contributed by atoms with E-state index in [2.05, 4.69) is 12.1 Å². The Morgan fingerprint density at radius 3 is 2.52 bits per heavy atom. The minimum Gasteiger partial charge on any atom is -0.480 e. The molecule has 1 aliphatic carbocycles. The highest BCUT2D eigenvalue weighted by Gasteiger charge is 2.37. The first kappa shape index (κ1) is 15.5. The largest absolute Gasteiger partial charge is 0.480 e. The number of rotatable bonds is 6. The number of aryl methyl sites for hydroxylation is 3. The lowest BCUT2D eigenvalue weighted by atomic mass is 10.0. The number of aliphatic carboxylic acids is 1.